The number of hydrogen-bond acceptors (Lipinski definition) is 5. The normalized spacial score (nSPS) is 18.1. The zero-order valence-electron chi connectivity index (χ0n) is 21.5. The molecule has 0 radical (unpaired) electrons. The predicted octanol–water partition coefficient (Wildman–Crippen LogP) is 5.24. The van der Waals surface area contributed by atoms with E-state index in [2.05, 4.69) is 17.3 Å². The first-order valence-corrected chi connectivity index (χ1v) is 12.5. The van der Waals surface area contributed by atoms with Gasteiger partial charge in [-0.3, -0.25) is 9.55 Å². The van der Waals surface area contributed by atoms with Crippen LogP contribution in [0.3, 0.4) is 0 Å². The molecule has 5 rings (SSSR count). The number of halogens is 4. The minimum absolute atomic E-state index is 0.0791. The highest BCUT2D eigenvalue weighted by molar-refractivity contribution is 6.32. The van der Waals surface area contributed by atoms with Crippen LogP contribution in [0.15, 0.2) is 78.2 Å². The number of aromatic hydroxyl groups is 1. The smallest absolute Gasteiger partial charge is 0.332 e. The Hall–Kier alpha value is -4.24. The van der Waals surface area contributed by atoms with Crippen LogP contribution >= 0.6 is 11.6 Å². The Morgan fingerprint density at radius 2 is 1.80 bits per heavy atom. The lowest BCUT2D eigenvalue weighted by atomic mass is 9.97. The summed E-state index contributed by atoms with van der Waals surface area (Å²) in [6.45, 7) is 3.69. The number of anilines is 1. The molecule has 3 heterocycles. The molecule has 1 aliphatic rings. The molecular formula is C29H24ClF3N4O3. The summed E-state index contributed by atoms with van der Waals surface area (Å²) in [6.07, 6.45) is 5.39. The van der Waals surface area contributed by atoms with E-state index in [9.17, 15) is 28.2 Å². The van der Waals surface area contributed by atoms with Crippen LogP contribution in [-0.4, -0.2) is 48.9 Å². The molecule has 206 valence electrons. The molecule has 0 saturated carbocycles. The highest BCUT2D eigenvalue weighted by Gasteiger charge is 2.58. The largest absolute Gasteiger partial charge is 0.507 e. The number of imidazole rings is 1. The van der Waals surface area contributed by atoms with Gasteiger partial charge in [-0.15, -0.1) is 5.73 Å². The molecule has 0 bridgehead atoms. The van der Waals surface area contributed by atoms with Gasteiger partial charge in [-0.1, -0.05) is 24.2 Å². The quantitative estimate of drug-likeness (QED) is 0.322. The fourth-order valence-electron chi connectivity index (χ4n) is 4.88. The average Bonchev–Trinajstić information content (AvgIpc) is 3.34. The van der Waals surface area contributed by atoms with Crippen molar-refractivity contribution in [1.82, 2.24) is 14.1 Å². The number of rotatable bonds is 5. The maximum absolute atomic E-state index is 14.9. The van der Waals surface area contributed by atoms with Crippen LogP contribution in [0.25, 0.3) is 27.9 Å². The number of β-amino-alcohol motifs (C(OH)–C–C–N with tert-alkyl or cyclic N) is 1. The number of pyridine rings is 1. The molecule has 4 aromatic rings. The Balaban J connectivity index is 1.56. The van der Waals surface area contributed by atoms with Gasteiger partial charge < -0.3 is 19.7 Å². The number of aromatic nitrogens is 3. The molecule has 2 aromatic heterocycles. The first-order chi connectivity index (χ1) is 18.8. The number of nitrogens with zero attached hydrogens (tertiary/aromatic N) is 4. The maximum Gasteiger partial charge on any atom is 0.332 e. The lowest BCUT2D eigenvalue weighted by molar-refractivity contribution is -0.117. The molecule has 11 heteroatoms. The topological polar surface area (TPSA) is 83.5 Å². The first kappa shape index (κ1) is 27.3. The van der Waals surface area contributed by atoms with E-state index in [0.29, 0.717) is 16.9 Å². The number of phenols is 1. The van der Waals surface area contributed by atoms with Gasteiger partial charge in [-0.25, -0.2) is 18.0 Å². The summed E-state index contributed by atoms with van der Waals surface area (Å²) < 4.78 is 47.0. The Bertz CT molecular complexity index is 1760. The fourth-order valence-corrected chi connectivity index (χ4v) is 5.15. The van der Waals surface area contributed by atoms with Crippen LogP contribution in [0.2, 0.25) is 5.02 Å². The SMILES string of the molecule is C=C=C[C@]1(O)CN(c2cc(-c3cc(F)cc(-c4ccc(-n5ccn(C)c5=O)c(Cl)c4)c3O)cnc2C)CC1(F)F. The van der Waals surface area contributed by atoms with Gasteiger partial charge in [-0.05, 0) is 48.9 Å². The molecule has 1 saturated heterocycles. The molecule has 0 amide bonds. The first-order valence-electron chi connectivity index (χ1n) is 12.1. The van der Waals surface area contributed by atoms with Crippen LogP contribution in [0.1, 0.15) is 5.69 Å². The summed E-state index contributed by atoms with van der Waals surface area (Å²) in [7, 11) is 1.60. The highest BCUT2D eigenvalue weighted by Crippen LogP contribution is 2.44. The van der Waals surface area contributed by atoms with Gasteiger partial charge in [0.1, 0.15) is 11.6 Å². The monoisotopic (exact) mass is 568 g/mol. The van der Waals surface area contributed by atoms with Crippen molar-refractivity contribution in [3.05, 3.63) is 100 Å². The van der Waals surface area contributed by atoms with Crippen LogP contribution in [0.4, 0.5) is 18.9 Å². The van der Waals surface area contributed by atoms with Crippen molar-refractivity contribution in [2.24, 2.45) is 7.05 Å². The van der Waals surface area contributed by atoms with Crippen molar-refractivity contribution >= 4 is 17.3 Å². The number of alkyl halides is 2. The molecule has 40 heavy (non-hydrogen) atoms. The Morgan fingerprint density at radius 3 is 2.42 bits per heavy atom. The van der Waals surface area contributed by atoms with Crippen molar-refractivity contribution < 1.29 is 23.4 Å². The van der Waals surface area contributed by atoms with Gasteiger partial charge >= 0.3 is 5.69 Å². The van der Waals surface area contributed by atoms with Gasteiger partial charge in [0, 0.05) is 42.3 Å². The molecule has 1 aliphatic heterocycles. The molecule has 7 nitrogen and oxygen atoms in total. The lowest BCUT2D eigenvalue weighted by Crippen LogP contribution is -2.45. The van der Waals surface area contributed by atoms with E-state index < -0.39 is 30.4 Å². The van der Waals surface area contributed by atoms with Gasteiger partial charge in [0.05, 0.1) is 35.2 Å². The zero-order chi connectivity index (χ0) is 29.0. The second-order valence-corrected chi connectivity index (χ2v) is 10.1. The van der Waals surface area contributed by atoms with Crippen molar-refractivity contribution in [1.29, 1.82) is 0 Å². The van der Waals surface area contributed by atoms with Gasteiger partial charge in [0.2, 0.25) is 0 Å². The third-order valence-corrected chi connectivity index (χ3v) is 7.35. The summed E-state index contributed by atoms with van der Waals surface area (Å²) in [5, 5.41) is 21.9. The van der Waals surface area contributed by atoms with Crippen molar-refractivity contribution in [2.75, 3.05) is 18.0 Å². The van der Waals surface area contributed by atoms with Gasteiger partial charge in [0.25, 0.3) is 5.92 Å². The third kappa shape index (κ3) is 4.50. The van der Waals surface area contributed by atoms with Gasteiger partial charge in [-0.2, -0.15) is 0 Å². The Labute approximate surface area is 232 Å². The summed E-state index contributed by atoms with van der Waals surface area (Å²) >= 11 is 6.47. The van der Waals surface area contributed by atoms with Crippen molar-refractivity contribution in [2.45, 2.75) is 18.4 Å². The molecular weight excluding hydrogens is 545 g/mol. The standard InChI is InChI=1S/C29H24ClF3N4O3/c1-4-7-28(40)15-36(16-29(28,32)33)25-11-19(14-34-17(25)2)22-13-20(31)12-21(26(22)38)18-5-6-24(23(30)10-18)37-9-8-35(3)27(37)39/h5-14,38,40H,1,15-16H2,2-3H3/t28-/m0/s1. The van der Waals surface area contributed by atoms with E-state index in [4.69, 9.17) is 11.6 Å². The maximum atomic E-state index is 14.9. The molecule has 0 unspecified atom stereocenters. The van der Waals surface area contributed by atoms with Crippen molar-refractivity contribution in [3.8, 4) is 33.7 Å². The number of benzene rings is 2. The average molecular weight is 569 g/mol. The molecule has 2 aromatic carbocycles. The Kier molecular flexibility index (Phi) is 6.66. The number of aryl methyl sites for hydroxylation is 2. The molecule has 1 fully saturated rings. The van der Waals surface area contributed by atoms with E-state index >= 15 is 0 Å². The van der Waals surface area contributed by atoms with Crippen LogP contribution < -0.4 is 10.6 Å². The van der Waals surface area contributed by atoms with E-state index in [1.54, 1.807) is 38.5 Å². The van der Waals surface area contributed by atoms with Crippen LogP contribution in [0, 0.1) is 12.7 Å². The summed E-state index contributed by atoms with van der Waals surface area (Å²) in [4.78, 5) is 17.9. The molecule has 0 aliphatic carbocycles. The van der Waals surface area contributed by atoms with Gasteiger partial charge in [0.15, 0.2) is 5.60 Å². The summed E-state index contributed by atoms with van der Waals surface area (Å²) in [6, 6.07) is 8.46. The second kappa shape index (κ2) is 9.75. The predicted molar refractivity (Wildman–Crippen MR) is 147 cm³/mol. The molecule has 2 N–H and O–H groups in total. The van der Waals surface area contributed by atoms with E-state index in [1.165, 1.54) is 32.4 Å². The summed E-state index contributed by atoms with van der Waals surface area (Å²) in [5.74, 6) is -4.43. The van der Waals surface area contributed by atoms with E-state index in [1.807, 2.05) is 0 Å². The number of hydrogen-bond donors (Lipinski definition) is 2. The number of aliphatic hydroxyl groups is 1. The minimum Gasteiger partial charge on any atom is -0.507 e. The minimum atomic E-state index is -3.48. The third-order valence-electron chi connectivity index (χ3n) is 7.05. The lowest BCUT2D eigenvalue weighted by Gasteiger charge is -2.23. The zero-order valence-corrected chi connectivity index (χ0v) is 22.3. The van der Waals surface area contributed by atoms with Crippen LogP contribution in [0.5, 0.6) is 5.75 Å². The highest BCUT2D eigenvalue weighted by atomic mass is 35.5. The summed E-state index contributed by atoms with van der Waals surface area (Å²) in [5.41, 5.74) is 1.43. The van der Waals surface area contributed by atoms with Crippen molar-refractivity contribution in [3.63, 3.8) is 0 Å². The Morgan fingerprint density at radius 1 is 1.10 bits per heavy atom. The van der Waals surface area contributed by atoms with Crippen LogP contribution in [-0.2, 0) is 7.05 Å². The van der Waals surface area contributed by atoms with E-state index in [-0.39, 0.29) is 38.8 Å². The number of phenolic OH excluding ortho intramolecular Hbond substituents is 1. The molecule has 0 spiro atoms. The molecule has 1 atom stereocenters. The second-order valence-electron chi connectivity index (χ2n) is 9.74. The van der Waals surface area contributed by atoms with E-state index in [0.717, 1.165) is 18.2 Å². The fraction of sp³-hybridized carbons (Fsp3) is 0.207.